The van der Waals surface area contributed by atoms with Crippen LogP contribution in [0.15, 0.2) is 55.6 Å². The molecule has 0 saturated carbocycles. The van der Waals surface area contributed by atoms with Gasteiger partial charge in [-0.05, 0) is 60.5 Å². The molecule has 0 aliphatic carbocycles. The van der Waals surface area contributed by atoms with E-state index in [4.69, 9.17) is 29.0 Å². The summed E-state index contributed by atoms with van der Waals surface area (Å²) < 4.78 is 25.7. The monoisotopic (exact) mass is 605 g/mol. The Morgan fingerprint density at radius 2 is 1.86 bits per heavy atom. The van der Waals surface area contributed by atoms with Crippen LogP contribution >= 0.6 is 0 Å². The number of aromatic nitrogens is 3. The van der Waals surface area contributed by atoms with Gasteiger partial charge in [-0.3, -0.25) is 0 Å². The Hall–Kier alpha value is -3.89. The van der Waals surface area contributed by atoms with Crippen molar-refractivity contribution in [3.05, 3.63) is 72.5 Å². The molecule has 1 saturated heterocycles. The lowest BCUT2D eigenvalue weighted by molar-refractivity contribution is -0.166. The van der Waals surface area contributed by atoms with Crippen molar-refractivity contribution in [3.8, 4) is 5.75 Å². The zero-order valence-corrected chi connectivity index (χ0v) is 27.0. The number of benzene rings is 1. The molecule has 4 rings (SSSR count). The van der Waals surface area contributed by atoms with E-state index in [9.17, 15) is 4.79 Å². The minimum absolute atomic E-state index is 0.240. The maximum atomic E-state index is 13.5. The van der Waals surface area contributed by atoms with E-state index < -0.39 is 17.7 Å². The predicted octanol–water partition coefficient (Wildman–Crippen LogP) is 6.20. The van der Waals surface area contributed by atoms with Crippen LogP contribution in [-0.4, -0.2) is 64.7 Å². The molecule has 1 fully saturated rings. The lowest BCUT2D eigenvalue weighted by Crippen LogP contribution is -2.45. The molecule has 0 amide bonds. The van der Waals surface area contributed by atoms with E-state index in [0.717, 1.165) is 30.0 Å². The summed E-state index contributed by atoms with van der Waals surface area (Å²) in [5.74, 6) is 1.75. The van der Waals surface area contributed by atoms with E-state index in [-0.39, 0.29) is 12.2 Å². The Bertz CT molecular complexity index is 1450. The maximum Gasteiger partial charge on any atom is 0.340 e. The molecule has 2 aromatic heterocycles. The largest absolute Gasteiger partial charge is 0.489 e. The average Bonchev–Trinajstić information content (AvgIpc) is 3.39. The number of rotatable bonds is 14. The van der Waals surface area contributed by atoms with Crippen LogP contribution in [0.3, 0.4) is 0 Å². The molecule has 1 aromatic carbocycles. The topological polar surface area (TPSA) is 99.4 Å². The number of carbonyl (C=O) groups is 1. The predicted molar refractivity (Wildman–Crippen MR) is 173 cm³/mol. The maximum absolute atomic E-state index is 13.5. The highest BCUT2D eigenvalue weighted by atomic mass is 16.6. The zero-order chi connectivity index (χ0) is 31.9. The zero-order valence-electron chi connectivity index (χ0n) is 27.0. The number of nitrogens with one attached hydrogen (secondary N) is 1. The molecule has 0 spiro atoms. The number of esters is 1. The lowest BCUT2D eigenvalue weighted by Gasteiger charge is -2.41. The molecule has 1 atom stereocenters. The molecule has 0 bridgehead atoms. The van der Waals surface area contributed by atoms with Crippen LogP contribution in [0.2, 0.25) is 0 Å². The molecule has 1 aliphatic heterocycles. The fourth-order valence-electron chi connectivity index (χ4n) is 5.33. The summed E-state index contributed by atoms with van der Waals surface area (Å²) >= 11 is 0. The van der Waals surface area contributed by atoms with E-state index in [1.807, 2.05) is 62.5 Å². The van der Waals surface area contributed by atoms with E-state index in [2.05, 4.69) is 30.3 Å². The highest BCUT2D eigenvalue weighted by Gasteiger charge is 2.38. The van der Waals surface area contributed by atoms with Gasteiger partial charge in [0.2, 0.25) is 0 Å². The van der Waals surface area contributed by atoms with E-state index >= 15 is 0 Å². The normalized spacial score (nSPS) is 15.5. The highest BCUT2D eigenvalue weighted by molar-refractivity contribution is 5.80. The van der Waals surface area contributed by atoms with Crippen molar-refractivity contribution in [2.75, 3.05) is 43.1 Å². The van der Waals surface area contributed by atoms with Crippen molar-refractivity contribution in [1.29, 1.82) is 0 Å². The average molecular weight is 606 g/mol. The van der Waals surface area contributed by atoms with E-state index in [0.29, 0.717) is 55.6 Å². The first-order valence-electron chi connectivity index (χ1n) is 15.3. The van der Waals surface area contributed by atoms with Gasteiger partial charge in [0, 0.05) is 37.0 Å². The summed E-state index contributed by atoms with van der Waals surface area (Å²) in [5, 5.41) is 8.39. The van der Waals surface area contributed by atoms with Crippen molar-refractivity contribution in [1.82, 2.24) is 14.6 Å². The van der Waals surface area contributed by atoms with Crippen molar-refractivity contribution < 1.29 is 23.7 Å². The number of nitrogens with zero attached hydrogens (tertiary/aromatic N) is 4. The van der Waals surface area contributed by atoms with Gasteiger partial charge in [0.15, 0.2) is 17.6 Å². The standard InChI is InChI=1S/C34H47N5O5/c1-9-20-42-26-15-13-12-14-25(26)23-35-27-22-28-36-24(4)29(30(32(40)41-11-3)44-33(5,6)7)31(39(28)37-27)38-18-16-34(8,17-19-38)43-21-10-2/h9-10,12-15,22,30H,1-2,11,16-21,23H2,3-8H3,(H,35,37). The van der Waals surface area contributed by atoms with Crippen LogP contribution in [0.1, 0.15) is 70.4 Å². The Balaban J connectivity index is 1.77. The Kier molecular flexibility index (Phi) is 10.7. The van der Waals surface area contributed by atoms with Crippen LogP contribution in [0.25, 0.3) is 5.65 Å². The van der Waals surface area contributed by atoms with Gasteiger partial charge < -0.3 is 29.2 Å². The van der Waals surface area contributed by atoms with Crippen LogP contribution in [-0.2, 0) is 25.5 Å². The SMILES string of the molecule is C=CCOc1ccccc1CNc1cc2nc(C)c(C(OC(C)(C)C)C(=O)OCC)c(N3CCC(C)(OCC=C)CC3)n2n1. The molecule has 44 heavy (non-hydrogen) atoms. The second kappa shape index (κ2) is 14.3. The van der Waals surface area contributed by atoms with Gasteiger partial charge in [0.05, 0.1) is 30.0 Å². The summed E-state index contributed by atoms with van der Waals surface area (Å²) in [6.45, 7) is 22.2. The summed E-state index contributed by atoms with van der Waals surface area (Å²) in [6.07, 6.45) is 4.10. The van der Waals surface area contributed by atoms with Gasteiger partial charge in [-0.1, -0.05) is 36.9 Å². The number of fused-ring (bicyclic) bond motifs is 1. The second-order valence-corrected chi connectivity index (χ2v) is 12.2. The van der Waals surface area contributed by atoms with Crippen LogP contribution in [0.4, 0.5) is 11.6 Å². The second-order valence-electron chi connectivity index (χ2n) is 12.2. The van der Waals surface area contributed by atoms with Crippen molar-refractivity contribution in [3.63, 3.8) is 0 Å². The van der Waals surface area contributed by atoms with E-state index in [1.165, 1.54) is 0 Å². The number of piperidine rings is 1. The number of hydrogen-bond donors (Lipinski definition) is 1. The third-order valence-corrected chi connectivity index (χ3v) is 7.50. The molecule has 0 radical (unpaired) electrons. The first-order valence-corrected chi connectivity index (χ1v) is 15.3. The van der Waals surface area contributed by atoms with Gasteiger partial charge >= 0.3 is 5.97 Å². The first kappa shape index (κ1) is 33.0. The smallest absolute Gasteiger partial charge is 0.340 e. The number of carbonyl (C=O) groups excluding carboxylic acids is 1. The molecule has 1 unspecified atom stereocenters. The summed E-state index contributed by atoms with van der Waals surface area (Å²) in [4.78, 5) is 20.6. The van der Waals surface area contributed by atoms with Crippen LogP contribution in [0, 0.1) is 6.92 Å². The lowest BCUT2D eigenvalue weighted by atomic mass is 9.92. The van der Waals surface area contributed by atoms with Gasteiger partial charge in [0.1, 0.15) is 18.2 Å². The summed E-state index contributed by atoms with van der Waals surface area (Å²) in [5.41, 5.74) is 2.10. The molecule has 1 aliphatic rings. The summed E-state index contributed by atoms with van der Waals surface area (Å²) in [6, 6.07) is 9.79. The molecule has 1 N–H and O–H groups in total. The van der Waals surface area contributed by atoms with Crippen molar-refractivity contribution in [2.45, 2.75) is 78.2 Å². The Morgan fingerprint density at radius 1 is 1.16 bits per heavy atom. The quantitative estimate of drug-likeness (QED) is 0.170. The number of anilines is 2. The third-order valence-electron chi connectivity index (χ3n) is 7.50. The first-order chi connectivity index (χ1) is 21.0. The van der Waals surface area contributed by atoms with Gasteiger partial charge in [0.25, 0.3) is 0 Å². The Labute approximate surface area is 261 Å². The fraction of sp³-hybridized carbons (Fsp3) is 0.500. The Morgan fingerprint density at radius 3 is 2.52 bits per heavy atom. The number of para-hydroxylation sites is 1. The fourth-order valence-corrected chi connectivity index (χ4v) is 5.33. The van der Waals surface area contributed by atoms with Gasteiger partial charge in [-0.25, -0.2) is 9.78 Å². The molecular formula is C34H47N5O5. The third kappa shape index (κ3) is 7.98. The minimum atomic E-state index is -0.985. The number of ether oxygens (including phenoxy) is 4. The van der Waals surface area contributed by atoms with E-state index in [1.54, 1.807) is 19.1 Å². The molecule has 238 valence electrons. The summed E-state index contributed by atoms with van der Waals surface area (Å²) in [7, 11) is 0. The minimum Gasteiger partial charge on any atom is -0.489 e. The molecular weight excluding hydrogens is 558 g/mol. The molecule has 10 nitrogen and oxygen atoms in total. The number of aryl methyl sites for hydroxylation is 1. The van der Waals surface area contributed by atoms with Crippen molar-refractivity contribution in [2.24, 2.45) is 0 Å². The highest BCUT2D eigenvalue weighted by Crippen LogP contribution is 2.38. The van der Waals surface area contributed by atoms with Crippen LogP contribution < -0.4 is 15.0 Å². The van der Waals surface area contributed by atoms with Gasteiger partial charge in [-0.2, -0.15) is 4.52 Å². The van der Waals surface area contributed by atoms with Gasteiger partial charge in [-0.15, -0.1) is 11.7 Å². The molecule has 10 heteroatoms. The van der Waals surface area contributed by atoms with Crippen molar-refractivity contribution >= 4 is 23.3 Å². The molecule has 3 aromatic rings. The number of hydrogen-bond acceptors (Lipinski definition) is 9. The van der Waals surface area contributed by atoms with Crippen LogP contribution in [0.5, 0.6) is 5.75 Å². The molecule has 3 heterocycles.